The molecule has 1 aromatic heterocycles. The molecule has 0 bridgehead atoms. The van der Waals surface area contributed by atoms with E-state index in [-0.39, 0.29) is 5.69 Å². The summed E-state index contributed by atoms with van der Waals surface area (Å²) in [6, 6.07) is 1.87. The predicted octanol–water partition coefficient (Wildman–Crippen LogP) is 1.94. The quantitative estimate of drug-likeness (QED) is 0.914. The zero-order valence-electron chi connectivity index (χ0n) is 10.6. The lowest BCUT2D eigenvalue weighted by Crippen LogP contribution is -2.30. The van der Waals surface area contributed by atoms with Crippen LogP contribution in [0, 0.1) is 0 Å². The number of halogens is 3. The molecule has 1 aromatic rings. The molecule has 7 heteroatoms. The molecule has 1 rings (SSSR count). The topological polar surface area (TPSA) is 53.4 Å². The molecular weight excluding hydrogens is 261 g/mol. The van der Waals surface area contributed by atoms with Crippen LogP contribution in [-0.2, 0) is 6.18 Å². The Labute approximate surface area is 108 Å². The number of aliphatic hydroxyl groups is 1. The van der Waals surface area contributed by atoms with Crippen molar-refractivity contribution < 1.29 is 23.1 Å². The maximum atomic E-state index is 12.3. The molecular formula is C12H15F3N2O2. The first kappa shape index (κ1) is 15.4. The van der Waals surface area contributed by atoms with Gasteiger partial charge in [-0.25, -0.2) is 0 Å². The minimum Gasteiger partial charge on any atom is -0.393 e. The van der Waals surface area contributed by atoms with Crippen molar-refractivity contribution in [3.63, 3.8) is 0 Å². The highest BCUT2D eigenvalue weighted by Crippen LogP contribution is 2.28. The molecule has 0 saturated carbocycles. The highest BCUT2D eigenvalue weighted by atomic mass is 19.4. The van der Waals surface area contributed by atoms with Crippen LogP contribution in [0.4, 0.5) is 13.2 Å². The number of nitrogens with zero attached hydrogens (tertiary/aromatic N) is 2. The van der Waals surface area contributed by atoms with Gasteiger partial charge in [0.2, 0.25) is 0 Å². The van der Waals surface area contributed by atoms with Crippen LogP contribution in [0.2, 0.25) is 0 Å². The third-order valence-corrected chi connectivity index (χ3v) is 2.54. The van der Waals surface area contributed by atoms with Crippen LogP contribution in [0.1, 0.15) is 29.4 Å². The van der Waals surface area contributed by atoms with Crippen LogP contribution in [-0.4, -0.2) is 40.6 Å². The van der Waals surface area contributed by atoms with Crippen LogP contribution < -0.4 is 0 Å². The van der Waals surface area contributed by atoms with Gasteiger partial charge in [0.1, 0.15) is 5.69 Å². The smallest absolute Gasteiger partial charge is 0.393 e. The molecule has 19 heavy (non-hydrogen) atoms. The van der Waals surface area contributed by atoms with E-state index >= 15 is 0 Å². The summed E-state index contributed by atoms with van der Waals surface area (Å²) in [6.07, 6.45) is -3.98. The van der Waals surface area contributed by atoms with Crippen molar-refractivity contribution in [2.75, 3.05) is 13.6 Å². The summed E-state index contributed by atoms with van der Waals surface area (Å²) in [5.41, 5.74) is -0.947. The number of hydrogen-bond donors (Lipinski definition) is 1. The zero-order chi connectivity index (χ0) is 14.6. The molecule has 1 atom stereocenters. The van der Waals surface area contributed by atoms with Gasteiger partial charge in [0, 0.05) is 19.8 Å². The number of rotatable bonds is 4. The van der Waals surface area contributed by atoms with E-state index in [4.69, 9.17) is 5.11 Å². The first-order valence-electron chi connectivity index (χ1n) is 5.68. The van der Waals surface area contributed by atoms with Crippen molar-refractivity contribution in [3.8, 4) is 0 Å². The third kappa shape index (κ3) is 4.51. The highest BCUT2D eigenvalue weighted by molar-refractivity contribution is 5.92. The first-order chi connectivity index (χ1) is 8.71. The molecule has 1 amide bonds. The molecule has 1 N–H and O–H groups in total. The largest absolute Gasteiger partial charge is 0.417 e. The molecule has 0 spiro atoms. The van der Waals surface area contributed by atoms with Crippen molar-refractivity contribution in [2.45, 2.75) is 25.6 Å². The Morgan fingerprint density at radius 3 is 2.53 bits per heavy atom. The van der Waals surface area contributed by atoms with Crippen molar-refractivity contribution in [2.24, 2.45) is 0 Å². The second-order valence-electron chi connectivity index (χ2n) is 4.29. The van der Waals surface area contributed by atoms with Crippen LogP contribution >= 0.6 is 0 Å². The van der Waals surface area contributed by atoms with Gasteiger partial charge in [0.15, 0.2) is 0 Å². The Morgan fingerprint density at radius 1 is 1.47 bits per heavy atom. The van der Waals surface area contributed by atoms with E-state index in [0.29, 0.717) is 19.2 Å². The molecule has 1 heterocycles. The van der Waals surface area contributed by atoms with Gasteiger partial charge in [0.25, 0.3) is 5.91 Å². The van der Waals surface area contributed by atoms with E-state index in [0.717, 1.165) is 12.1 Å². The number of hydrogen-bond acceptors (Lipinski definition) is 3. The SMILES string of the molecule is CC(O)CCN(C)C(=O)c1ccc(C(F)(F)F)cn1. The molecule has 106 valence electrons. The van der Waals surface area contributed by atoms with Crippen molar-refractivity contribution in [1.82, 2.24) is 9.88 Å². The van der Waals surface area contributed by atoms with Gasteiger partial charge in [-0.15, -0.1) is 0 Å². The average molecular weight is 276 g/mol. The molecule has 1 unspecified atom stereocenters. The van der Waals surface area contributed by atoms with E-state index in [1.54, 1.807) is 6.92 Å². The van der Waals surface area contributed by atoms with E-state index in [9.17, 15) is 18.0 Å². The Bertz CT molecular complexity index is 430. The Kier molecular flexibility index (Phi) is 4.88. The second-order valence-corrected chi connectivity index (χ2v) is 4.29. The molecule has 0 fully saturated rings. The van der Waals surface area contributed by atoms with Crippen LogP contribution in [0.3, 0.4) is 0 Å². The van der Waals surface area contributed by atoms with E-state index in [1.165, 1.54) is 11.9 Å². The lowest BCUT2D eigenvalue weighted by atomic mass is 10.2. The lowest BCUT2D eigenvalue weighted by molar-refractivity contribution is -0.137. The molecule has 0 aliphatic rings. The maximum absolute atomic E-state index is 12.3. The van der Waals surface area contributed by atoms with Gasteiger partial charge in [-0.1, -0.05) is 0 Å². The standard InChI is InChI=1S/C12H15F3N2O2/c1-8(18)5-6-17(2)11(19)10-4-3-9(7-16-10)12(13,14)15/h3-4,7-8,18H,5-6H2,1-2H3. The molecule has 0 radical (unpaired) electrons. The van der Waals surface area contributed by atoms with Gasteiger partial charge >= 0.3 is 6.18 Å². The van der Waals surface area contributed by atoms with Crippen LogP contribution in [0.5, 0.6) is 0 Å². The van der Waals surface area contributed by atoms with Gasteiger partial charge in [-0.3, -0.25) is 9.78 Å². The number of amides is 1. The summed E-state index contributed by atoms with van der Waals surface area (Å²) in [7, 11) is 1.50. The van der Waals surface area contributed by atoms with Gasteiger partial charge < -0.3 is 10.0 Å². The summed E-state index contributed by atoms with van der Waals surface area (Å²) >= 11 is 0. The monoisotopic (exact) mass is 276 g/mol. The van der Waals surface area contributed by atoms with Gasteiger partial charge in [0.05, 0.1) is 11.7 Å². The summed E-state index contributed by atoms with van der Waals surface area (Å²) in [5, 5.41) is 9.10. The molecule has 0 aliphatic carbocycles. The maximum Gasteiger partial charge on any atom is 0.417 e. The molecule has 0 aromatic carbocycles. The summed E-state index contributed by atoms with van der Waals surface area (Å²) in [5.74, 6) is -0.477. The summed E-state index contributed by atoms with van der Waals surface area (Å²) < 4.78 is 37.0. The van der Waals surface area contributed by atoms with E-state index in [1.807, 2.05) is 0 Å². The number of alkyl halides is 3. The second kappa shape index (κ2) is 6.01. The zero-order valence-corrected chi connectivity index (χ0v) is 10.6. The van der Waals surface area contributed by atoms with E-state index < -0.39 is 23.8 Å². The third-order valence-electron chi connectivity index (χ3n) is 2.54. The van der Waals surface area contributed by atoms with Crippen molar-refractivity contribution >= 4 is 5.91 Å². The Hall–Kier alpha value is -1.63. The van der Waals surface area contributed by atoms with Crippen molar-refractivity contribution in [3.05, 3.63) is 29.6 Å². The summed E-state index contributed by atoms with van der Waals surface area (Å²) in [6.45, 7) is 1.90. The molecule has 4 nitrogen and oxygen atoms in total. The summed E-state index contributed by atoms with van der Waals surface area (Å²) in [4.78, 5) is 16.6. The van der Waals surface area contributed by atoms with Gasteiger partial charge in [-0.2, -0.15) is 13.2 Å². The fraction of sp³-hybridized carbons (Fsp3) is 0.500. The average Bonchev–Trinajstić information content (AvgIpc) is 2.34. The molecule has 0 aliphatic heterocycles. The number of carbonyl (C=O) groups is 1. The van der Waals surface area contributed by atoms with Gasteiger partial charge in [-0.05, 0) is 25.5 Å². The number of pyridine rings is 1. The first-order valence-corrected chi connectivity index (χ1v) is 5.68. The van der Waals surface area contributed by atoms with Crippen molar-refractivity contribution in [1.29, 1.82) is 0 Å². The fourth-order valence-electron chi connectivity index (χ4n) is 1.37. The van der Waals surface area contributed by atoms with Crippen LogP contribution in [0.15, 0.2) is 18.3 Å². The highest BCUT2D eigenvalue weighted by Gasteiger charge is 2.31. The predicted molar refractivity (Wildman–Crippen MR) is 62.5 cm³/mol. The van der Waals surface area contributed by atoms with Crippen LogP contribution in [0.25, 0.3) is 0 Å². The minimum atomic E-state index is -4.47. The molecule has 0 saturated heterocycles. The Balaban J connectivity index is 2.72. The lowest BCUT2D eigenvalue weighted by Gasteiger charge is -2.17. The number of carbonyl (C=O) groups excluding carboxylic acids is 1. The number of aromatic nitrogens is 1. The minimum absolute atomic E-state index is 0.0545. The normalized spacial score (nSPS) is 13.2. The number of aliphatic hydroxyl groups excluding tert-OH is 1. The Morgan fingerprint density at radius 2 is 2.11 bits per heavy atom. The van der Waals surface area contributed by atoms with E-state index in [2.05, 4.69) is 4.98 Å². The fourth-order valence-corrected chi connectivity index (χ4v) is 1.37.